The van der Waals surface area contributed by atoms with Crippen LogP contribution in [0.1, 0.15) is 13.8 Å². The molecule has 0 heterocycles. The van der Waals surface area contributed by atoms with Crippen LogP contribution >= 0.6 is 0 Å². The summed E-state index contributed by atoms with van der Waals surface area (Å²) in [5.41, 5.74) is 2.42. The number of carbonyl (C=O) groups is 1. The molecule has 0 saturated heterocycles. The van der Waals surface area contributed by atoms with Crippen LogP contribution in [0.2, 0.25) is 0 Å². The predicted octanol–water partition coefficient (Wildman–Crippen LogP) is 1.55. The largest absolute Gasteiger partial charge is 0.294 e. The number of carbonyl (C=O) groups excluding carboxylic acids is 1. The molecule has 0 aliphatic carbocycles. The fraction of sp³-hybridized carbons (Fsp3) is 0.429. The minimum absolute atomic E-state index is 0.0734. The van der Waals surface area contributed by atoms with Gasteiger partial charge in [0.25, 0.3) is 0 Å². The second-order valence-corrected chi connectivity index (χ2v) is 1.91. The summed E-state index contributed by atoms with van der Waals surface area (Å²) in [6.45, 7) is 6.97. The highest BCUT2D eigenvalue weighted by atomic mass is 16.1. The molecule has 0 unspecified atom stereocenters. The highest BCUT2D eigenvalue weighted by Gasteiger charge is 1.99. The minimum atomic E-state index is 0.0734. The second kappa shape index (κ2) is 3.23. The highest BCUT2D eigenvalue weighted by Crippen LogP contribution is 1.92. The zero-order valence-electron chi connectivity index (χ0n) is 5.27. The van der Waals surface area contributed by atoms with E-state index < -0.39 is 0 Å². The molecular weight excluding hydrogens is 100 g/mol. The standard InChI is InChI=1S/C7H10O/c1-4-5-7(8)6(2)3/h5-6H,1H2,2-3H3. The van der Waals surface area contributed by atoms with Crippen LogP contribution in [0.5, 0.6) is 0 Å². The third kappa shape index (κ3) is 2.38. The SMILES string of the molecule is C=C=CC(=O)C(C)C. The van der Waals surface area contributed by atoms with Crippen molar-refractivity contribution in [3.8, 4) is 0 Å². The third-order valence-corrected chi connectivity index (χ3v) is 0.813. The molecular formula is C7H10O. The maximum Gasteiger partial charge on any atom is 0.165 e. The van der Waals surface area contributed by atoms with E-state index in [2.05, 4.69) is 12.3 Å². The van der Waals surface area contributed by atoms with Gasteiger partial charge in [0, 0.05) is 12.0 Å². The first-order valence-electron chi connectivity index (χ1n) is 2.58. The molecule has 0 bridgehead atoms. The lowest BCUT2D eigenvalue weighted by Gasteiger charge is -1.92. The van der Waals surface area contributed by atoms with Crippen molar-refractivity contribution in [1.82, 2.24) is 0 Å². The number of hydrogen-bond acceptors (Lipinski definition) is 1. The molecule has 0 radical (unpaired) electrons. The molecule has 0 aromatic rings. The number of hydrogen-bond donors (Lipinski definition) is 0. The van der Waals surface area contributed by atoms with Crippen molar-refractivity contribution in [2.75, 3.05) is 0 Å². The Morgan fingerprint density at radius 3 is 2.38 bits per heavy atom. The Hall–Kier alpha value is -0.810. The molecule has 44 valence electrons. The Kier molecular flexibility index (Phi) is 2.90. The monoisotopic (exact) mass is 110 g/mol. The molecule has 0 N–H and O–H groups in total. The Bertz CT molecular complexity index is 127. The first-order chi connectivity index (χ1) is 3.68. The summed E-state index contributed by atoms with van der Waals surface area (Å²) in [5, 5.41) is 0. The van der Waals surface area contributed by atoms with Gasteiger partial charge in [-0.2, -0.15) is 0 Å². The summed E-state index contributed by atoms with van der Waals surface area (Å²) in [6.07, 6.45) is 1.37. The Morgan fingerprint density at radius 2 is 2.25 bits per heavy atom. The van der Waals surface area contributed by atoms with Crippen LogP contribution in [-0.2, 0) is 4.79 Å². The van der Waals surface area contributed by atoms with Gasteiger partial charge < -0.3 is 0 Å². The molecule has 0 aromatic carbocycles. The average Bonchev–Trinajstić information content (AvgIpc) is 1.67. The Morgan fingerprint density at radius 1 is 1.75 bits per heavy atom. The Balaban J connectivity index is 3.84. The van der Waals surface area contributed by atoms with Crippen molar-refractivity contribution in [2.45, 2.75) is 13.8 Å². The van der Waals surface area contributed by atoms with Gasteiger partial charge in [0.15, 0.2) is 5.78 Å². The smallest absolute Gasteiger partial charge is 0.165 e. The second-order valence-electron chi connectivity index (χ2n) is 1.91. The van der Waals surface area contributed by atoms with E-state index in [4.69, 9.17) is 0 Å². The van der Waals surface area contributed by atoms with Crippen molar-refractivity contribution in [3.63, 3.8) is 0 Å². The zero-order valence-corrected chi connectivity index (χ0v) is 5.27. The quantitative estimate of drug-likeness (QED) is 0.389. The van der Waals surface area contributed by atoms with Crippen LogP contribution in [0.3, 0.4) is 0 Å². The number of allylic oxidation sites excluding steroid dienone is 1. The van der Waals surface area contributed by atoms with E-state index in [0.29, 0.717) is 0 Å². The molecule has 0 amide bonds. The molecule has 0 atom stereocenters. The highest BCUT2D eigenvalue weighted by molar-refractivity contribution is 5.90. The first-order valence-corrected chi connectivity index (χ1v) is 2.58. The molecule has 0 spiro atoms. The zero-order chi connectivity index (χ0) is 6.57. The van der Waals surface area contributed by atoms with E-state index in [1.165, 1.54) is 6.08 Å². The normalized spacial score (nSPS) is 8.38. The maximum absolute atomic E-state index is 10.6. The molecule has 0 aromatic heterocycles. The first kappa shape index (κ1) is 7.19. The molecule has 0 saturated carbocycles. The summed E-state index contributed by atoms with van der Waals surface area (Å²) in [4.78, 5) is 10.6. The minimum Gasteiger partial charge on any atom is -0.294 e. The van der Waals surface area contributed by atoms with Crippen LogP contribution < -0.4 is 0 Å². The van der Waals surface area contributed by atoms with E-state index in [9.17, 15) is 4.79 Å². The van der Waals surface area contributed by atoms with Gasteiger partial charge in [-0.25, -0.2) is 0 Å². The third-order valence-electron chi connectivity index (χ3n) is 0.813. The van der Waals surface area contributed by atoms with Gasteiger partial charge in [-0.05, 0) is 0 Å². The lowest BCUT2D eigenvalue weighted by molar-refractivity contribution is -0.117. The van der Waals surface area contributed by atoms with E-state index in [0.717, 1.165) is 0 Å². The topological polar surface area (TPSA) is 17.1 Å². The van der Waals surface area contributed by atoms with Gasteiger partial charge in [0.05, 0.1) is 0 Å². The van der Waals surface area contributed by atoms with Crippen molar-refractivity contribution < 1.29 is 4.79 Å². The van der Waals surface area contributed by atoms with Gasteiger partial charge in [-0.15, -0.1) is 5.73 Å². The van der Waals surface area contributed by atoms with Crippen LogP contribution in [0.15, 0.2) is 18.4 Å². The molecule has 8 heavy (non-hydrogen) atoms. The van der Waals surface area contributed by atoms with E-state index >= 15 is 0 Å². The van der Waals surface area contributed by atoms with Crippen molar-refractivity contribution in [1.29, 1.82) is 0 Å². The van der Waals surface area contributed by atoms with Crippen molar-refractivity contribution in [2.24, 2.45) is 5.92 Å². The van der Waals surface area contributed by atoms with Crippen molar-refractivity contribution in [3.05, 3.63) is 18.4 Å². The van der Waals surface area contributed by atoms with Gasteiger partial charge in [-0.3, -0.25) is 4.79 Å². The molecule has 0 aliphatic heterocycles. The predicted molar refractivity (Wildman–Crippen MR) is 33.6 cm³/mol. The van der Waals surface area contributed by atoms with Gasteiger partial charge in [0.2, 0.25) is 0 Å². The van der Waals surface area contributed by atoms with Crippen LogP contribution in [0.4, 0.5) is 0 Å². The van der Waals surface area contributed by atoms with E-state index in [1.807, 2.05) is 13.8 Å². The fourth-order valence-corrected chi connectivity index (χ4v) is 0.267. The number of ketones is 1. The fourth-order valence-electron chi connectivity index (χ4n) is 0.267. The average molecular weight is 110 g/mol. The molecule has 1 heteroatoms. The molecule has 0 rings (SSSR count). The van der Waals surface area contributed by atoms with Crippen molar-refractivity contribution >= 4 is 5.78 Å². The lowest BCUT2D eigenvalue weighted by atomic mass is 10.1. The van der Waals surface area contributed by atoms with Crippen LogP contribution in [0.25, 0.3) is 0 Å². The summed E-state index contributed by atoms with van der Waals surface area (Å²) >= 11 is 0. The summed E-state index contributed by atoms with van der Waals surface area (Å²) < 4.78 is 0. The van der Waals surface area contributed by atoms with Gasteiger partial charge in [0.1, 0.15) is 0 Å². The van der Waals surface area contributed by atoms with Gasteiger partial charge in [-0.1, -0.05) is 20.4 Å². The van der Waals surface area contributed by atoms with Gasteiger partial charge >= 0.3 is 0 Å². The molecule has 1 nitrogen and oxygen atoms in total. The summed E-state index contributed by atoms with van der Waals surface area (Å²) in [7, 11) is 0. The van der Waals surface area contributed by atoms with E-state index in [-0.39, 0.29) is 11.7 Å². The van der Waals surface area contributed by atoms with Crippen LogP contribution in [0, 0.1) is 5.92 Å². The number of rotatable bonds is 2. The Labute approximate surface area is 49.7 Å². The molecule has 0 fully saturated rings. The summed E-state index contributed by atoms with van der Waals surface area (Å²) in [6, 6.07) is 0. The maximum atomic E-state index is 10.6. The van der Waals surface area contributed by atoms with E-state index in [1.54, 1.807) is 0 Å². The molecule has 0 aliphatic rings. The summed E-state index contributed by atoms with van der Waals surface area (Å²) in [5.74, 6) is 0.157. The van der Waals surface area contributed by atoms with Crippen LogP contribution in [-0.4, -0.2) is 5.78 Å². The lowest BCUT2D eigenvalue weighted by Crippen LogP contribution is -2.00.